The summed E-state index contributed by atoms with van der Waals surface area (Å²) in [5.74, 6) is 0. The van der Waals surface area contributed by atoms with E-state index in [9.17, 15) is 5.11 Å². The number of unbranched alkanes of at least 4 members (excludes halogenated alkanes) is 3. The van der Waals surface area contributed by atoms with Crippen molar-refractivity contribution in [3.05, 3.63) is 29.8 Å². The first-order valence-electron chi connectivity index (χ1n) is 12.0. The molecule has 6 heteroatoms. The van der Waals surface area contributed by atoms with Crippen molar-refractivity contribution in [1.82, 2.24) is 0 Å². The smallest absolute Gasteiger partial charge is 0.136 e. The van der Waals surface area contributed by atoms with Crippen molar-refractivity contribution in [3.8, 4) is 0 Å². The third-order valence-electron chi connectivity index (χ3n) is 5.43. The largest absolute Gasteiger partial charge is 0.387 e. The highest BCUT2D eigenvalue weighted by molar-refractivity contribution is 7.99. The van der Waals surface area contributed by atoms with E-state index >= 15 is 0 Å². The van der Waals surface area contributed by atoms with Crippen LogP contribution < -0.4 is 0 Å². The maximum Gasteiger partial charge on any atom is 0.136 e. The summed E-state index contributed by atoms with van der Waals surface area (Å²) < 4.78 is 24.7. The molecule has 1 heterocycles. The Balaban J connectivity index is 2.15. The minimum absolute atomic E-state index is 0.272. The van der Waals surface area contributed by atoms with Gasteiger partial charge in [0.2, 0.25) is 0 Å². The van der Waals surface area contributed by atoms with Gasteiger partial charge >= 0.3 is 0 Å². The summed E-state index contributed by atoms with van der Waals surface area (Å²) >= 11 is 1.54. The summed E-state index contributed by atoms with van der Waals surface area (Å²) in [6.07, 6.45) is 4.33. The predicted octanol–water partition coefficient (Wildman–Crippen LogP) is 5.36. The molecule has 178 valence electrons. The Morgan fingerprint density at radius 1 is 0.871 bits per heavy atom. The van der Waals surface area contributed by atoms with Crippen LogP contribution in [-0.4, -0.2) is 61.4 Å². The van der Waals surface area contributed by atoms with Crippen molar-refractivity contribution >= 4 is 11.8 Å². The van der Waals surface area contributed by atoms with Crippen LogP contribution in [0.25, 0.3) is 0 Å². The van der Waals surface area contributed by atoms with Crippen molar-refractivity contribution in [2.75, 3.05) is 26.4 Å². The lowest BCUT2D eigenvalue weighted by atomic mass is 9.99. The van der Waals surface area contributed by atoms with Gasteiger partial charge in [-0.1, -0.05) is 69.5 Å². The molecule has 0 aliphatic carbocycles. The Kier molecular flexibility index (Phi) is 13.1. The summed E-state index contributed by atoms with van der Waals surface area (Å²) in [6, 6.07) is 8.29. The van der Waals surface area contributed by atoms with Crippen molar-refractivity contribution in [2.24, 2.45) is 0 Å². The lowest BCUT2D eigenvalue weighted by Crippen LogP contribution is -2.59. The minimum atomic E-state index is -0.776. The van der Waals surface area contributed by atoms with Gasteiger partial charge in [0.25, 0.3) is 0 Å². The number of benzene rings is 1. The van der Waals surface area contributed by atoms with Gasteiger partial charge in [0, 0.05) is 24.7 Å². The average molecular weight is 455 g/mol. The zero-order valence-corrected chi connectivity index (χ0v) is 20.6. The fraction of sp³-hybridized carbons (Fsp3) is 0.760. The van der Waals surface area contributed by atoms with E-state index in [1.165, 1.54) is 17.3 Å². The third-order valence-corrected chi connectivity index (χ3v) is 6.60. The molecule has 1 aromatic carbocycles. The molecule has 0 spiro atoms. The number of aliphatic hydroxyl groups is 1. The molecular weight excluding hydrogens is 412 g/mol. The van der Waals surface area contributed by atoms with Gasteiger partial charge in [-0.15, -0.1) is 0 Å². The van der Waals surface area contributed by atoms with Crippen molar-refractivity contribution in [2.45, 2.75) is 101 Å². The number of hydrogen-bond acceptors (Lipinski definition) is 6. The molecule has 1 saturated heterocycles. The topological polar surface area (TPSA) is 57.2 Å². The summed E-state index contributed by atoms with van der Waals surface area (Å²) in [5.41, 5.74) is 0.780. The average Bonchev–Trinajstić information content (AvgIpc) is 2.77. The van der Waals surface area contributed by atoms with Crippen LogP contribution in [0.1, 0.15) is 64.9 Å². The molecule has 3 unspecified atom stereocenters. The quantitative estimate of drug-likeness (QED) is 0.360. The standard InChI is InChI=1S/C25H42O5S/c1-5-8-15-27-18-21-23(28-16-9-6-2)24(29-17-10-7-3)22(26)25(30-21)31-20-13-11-19(4)12-14-20/h11-14,21-26H,5-10,15-18H2,1-4H3/t21?,22?,23-,24?,25-/m1/s1. The molecule has 1 aliphatic heterocycles. The summed E-state index contributed by atoms with van der Waals surface area (Å²) in [5, 5.41) is 11.2. The molecule has 5 atom stereocenters. The van der Waals surface area contributed by atoms with E-state index in [0.717, 1.165) is 43.4 Å². The van der Waals surface area contributed by atoms with Gasteiger partial charge in [0.1, 0.15) is 29.9 Å². The molecule has 0 bridgehead atoms. The third kappa shape index (κ3) is 9.03. The molecule has 31 heavy (non-hydrogen) atoms. The van der Waals surface area contributed by atoms with E-state index in [-0.39, 0.29) is 12.2 Å². The van der Waals surface area contributed by atoms with Crippen LogP contribution in [0, 0.1) is 6.92 Å². The molecule has 0 saturated carbocycles. The zero-order valence-electron chi connectivity index (χ0n) is 19.8. The Labute approximate surface area is 193 Å². The molecule has 1 N–H and O–H groups in total. The highest BCUT2D eigenvalue weighted by Gasteiger charge is 2.47. The van der Waals surface area contributed by atoms with E-state index in [2.05, 4.69) is 52.0 Å². The highest BCUT2D eigenvalue weighted by atomic mass is 32.2. The molecule has 0 radical (unpaired) electrons. The number of rotatable bonds is 15. The lowest BCUT2D eigenvalue weighted by molar-refractivity contribution is -0.237. The van der Waals surface area contributed by atoms with E-state index < -0.39 is 17.6 Å². The predicted molar refractivity (Wildman–Crippen MR) is 127 cm³/mol. The first-order chi connectivity index (χ1) is 15.1. The van der Waals surface area contributed by atoms with E-state index in [4.69, 9.17) is 18.9 Å². The first-order valence-corrected chi connectivity index (χ1v) is 12.9. The second-order valence-corrected chi connectivity index (χ2v) is 9.44. The number of hydrogen-bond donors (Lipinski definition) is 1. The van der Waals surface area contributed by atoms with Gasteiger partial charge < -0.3 is 24.1 Å². The van der Waals surface area contributed by atoms with Gasteiger partial charge in [-0.2, -0.15) is 0 Å². The minimum Gasteiger partial charge on any atom is -0.387 e. The van der Waals surface area contributed by atoms with Crippen LogP contribution in [0.15, 0.2) is 29.2 Å². The molecule has 1 aliphatic rings. The van der Waals surface area contributed by atoms with Crippen LogP contribution in [0.4, 0.5) is 0 Å². The summed E-state index contributed by atoms with van der Waals surface area (Å²) in [4.78, 5) is 1.07. The monoisotopic (exact) mass is 454 g/mol. The number of aryl methyl sites for hydroxylation is 1. The number of ether oxygens (including phenoxy) is 4. The van der Waals surface area contributed by atoms with Gasteiger partial charge in [-0.25, -0.2) is 0 Å². The summed E-state index contributed by atoms with van der Waals surface area (Å²) in [7, 11) is 0. The molecular formula is C25H42O5S. The van der Waals surface area contributed by atoms with Crippen LogP contribution in [0.5, 0.6) is 0 Å². The number of thioether (sulfide) groups is 1. The molecule has 1 fully saturated rings. The Hall–Kier alpha value is -0.630. The highest BCUT2D eigenvalue weighted by Crippen LogP contribution is 2.36. The van der Waals surface area contributed by atoms with Gasteiger partial charge in [-0.05, 0) is 38.3 Å². The first kappa shape index (κ1) is 26.6. The molecule has 1 aromatic rings. The summed E-state index contributed by atoms with van der Waals surface area (Å²) in [6.45, 7) is 10.9. The van der Waals surface area contributed by atoms with Gasteiger partial charge in [0.05, 0.1) is 6.61 Å². The molecule has 0 amide bonds. The van der Waals surface area contributed by atoms with Crippen LogP contribution in [0.2, 0.25) is 0 Å². The second kappa shape index (κ2) is 15.3. The Morgan fingerprint density at radius 2 is 1.45 bits per heavy atom. The van der Waals surface area contributed by atoms with E-state index in [1.54, 1.807) is 0 Å². The normalized spacial score (nSPS) is 26.3. The van der Waals surface area contributed by atoms with Crippen molar-refractivity contribution < 1.29 is 24.1 Å². The lowest BCUT2D eigenvalue weighted by Gasteiger charge is -2.44. The Morgan fingerprint density at radius 3 is 2.06 bits per heavy atom. The SMILES string of the molecule is CCCCOCC1O[C@H](Sc2ccc(C)cc2)C(O)C(OCCCC)[C@@H]1OCCCC. The van der Waals surface area contributed by atoms with Crippen molar-refractivity contribution in [3.63, 3.8) is 0 Å². The molecule has 5 nitrogen and oxygen atoms in total. The van der Waals surface area contributed by atoms with E-state index in [1.807, 2.05) is 0 Å². The van der Waals surface area contributed by atoms with Crippen LogP contribution in [-0.2, 0) is 18.9 Å². The zero-order chi connectivity index (χ0) is 22.5. The van der Waals surface area contributed by atoms with Crippen LogP contribution >= 0.6 is 11.8 Å². The fourth-order valence-electron chi connectivity index (χ4n) is 3.44. The van der Waals surface area contributed by atoms with E-state index in [0.29, 0.717) is 26.4 Å². The number of aliphatic hydroxyl groups excluding tert-OH is 1. The van der Waals surface area contributed by atoms with Crippen LogP contribution in [0.3, 0.4) is 0 Å². The second-order valence-electron chi connectivity index (χ2n) is 8.27. The van der Waals surface area contributed by atoms with Gasteiger partial charge in [-0.3, -0.25) is 0 Å². The van der Waals surface area contributed by atoms with Gasteiger partial charge in [0.15, 0.2) is 0 Å². The maximum absolute atomic E-state index is 11.2. The maximum atomic E-state index is 11.2. The Bertz CT molecular complexity index is 582. The fourth-order valence-corrected chi connectivity index (χ4v) is 4.50. The van der Waals surface area contributed by atoms with Crippen molar-refractivity contribution in [1.29, 1.82) is 0 Å². The molecule has 2 rings (SSSR count). The molecule has 0 aromatic heterocycles.